The normalized spacial score (nSPS) is 20.7. The van der Waals surface area contributed by atoms with Crippen molar-refractivity contribution in [1.82, 2.24) is 15.1 Å². The van der Waals surface area contributed by atoms with Gasteiger partial charge in [0.25, 0.3) is 0 Å². The summed E-state index contributed by atoms with van der Waals surface area (Å²) in [5, 5.41) is 7.77. The smallest absolute Gasteiger partial charge is 0.224 e. The molecule has 2 atom stereocenters. The van der Waals surface area contributed by atoms with Crippen LogP contribution in [0.4, 0.5) is 0 Å². The van der Waals surface area contributed by atoms with E-state index in [-0.39, 0.29) is 11.8 Å². The van der Waals surface area contributed by atoms with Crippen LogP contribution in [0.15, 0.2) is 36.7 Å². The van der Waals surface area contributed by atoms with Gasteiger partial charge in [0, 0.05) is 36.3 Å². The van der Waals surface area contributed by atoms with Crippen molar-refractivity contribution in [2.24, 2.45) is 13.0 Å². The first-order chi connectivity index (χ1) is 9.63. The van der Waals surface area contributed by atoms with Crippen molar-refractivity contribution in [3.8, 4) is 0 Å². The first kappa shape index (κ1) is 13.2. The summed E-state index contributed by atoms with van der Waals surface area (Å²) in [7, 11) is 1.86. The molecule has 1 amide bonds. The van der Waals surface area contributed by atoms with Gasteiger partial charge in [0.2, 0.25) is 5.91 Å². The second-order valence-corrected chi connectivity index (χ2v) is 5.68. The van der Waals surface area contributed by atoms with Gasteiger partial charge in [-0.1, -0.05) is 23.7 Å². The number of nitrogens with one attached hydrogen (secondary N) is 1. The summed E-state index contributed by atoms with van der Waals surface area (Å²) in [4.78, 5) is 12.1. The van der Waals surface area contributed by atoms with Gasteiger partial charge in [0.05, 0.1) is 6.20 Å². The van der Waals surface area contributed by atoms with E-state index in [2.05, 4.69) is 10.4 Å². The Bertz CT molecular complexity index is 620. The Kier molecular flexibility index (Phi) is 3.49. The molecule has 0 radical (unpaired) electrons. The molecule has 1 N–H and O–H groups in total. The molecule has 0 spiro atoms. The van der Waals surface area contributed by atoms with Crippen molar-refractivity contribution in [2.45, 2.75) is 18.9 Å². The molecular weight excluding hydrogens is 274 g/mol. The maximum Gasteiger partial charge on any atom is 0.224 e. The Hall–Kier alpha value is -1.81. The molecule has 3 rings (SSSR count). The first-order valence-corrected chi connectivity index (χ1v) is 7.02. The van der Waals surface area contributed by atoms with E-state index in [4.69, 9.17) is 11.6 Å². The van der Waals surface area contributed by atoms with E-state index in [0.29, 0.717) is 12.5 Å². The summed E-state index contributed by atoms with van der Waals surface area (Å²) in [6, 6.07) is 7.75. The van der Waals surface area contributed by atoms with E-state index < -0.39 is 0 Å². The van der Waals surface area contributed by atoms with Gasteiger partial charge in [0.15, 0.2) is 0 Å². The van der Waals surface area contributed by atoms with Crippen LogP contribution in [0, 0.1) is 5.92 Å². The summed E-state index contributed by atoms with van der Waals surface area (Å²) in [5.41, 5.74) is 2.21. The fraction of sp³-hybridized carbons (Fsp3) is 0.333. The summed E-state index contributed by atoms with van der Waals surface area (Å²) >= 11 is 5.87. The van der Waals surface area contributed by atoms with Crippen LogP contribution in [0.25, 0.3) is 0 Å². The Morgan fingerprint density at radius 1 is 1.45 bits per heavy atom. The number of hydrogen-bond acceptors (Lipinski definition) is 2. The molecule has 2 aromatic rings. The molecule has 1 aromatic carbocycles. The van der Waals surface area contributed by atoms with Crippen LogP contribution in [0.3, 0.4) is 0 Å². The zero-order chi connectivity index (χ0) is 14.1. The minimum Gasteiger partial charge on any atom is -0.352 e. The molecule has 0 bridgehead atoms. The van der Waals surface area contributed by atoms with Gasteiger partial charge >= 0.3 is 0 Å². The lowest BCUT2D eigenvalue weighted by Crippen LogP contribution is -2.24. The maximum absolute atomic E-state index is 12.1. The average molecular weight is 290 g/mol. The molecule has 2 unspecified atom stereocenters. The lowest BCUT2D eigenvalue weighted by molar-refractivity contribution is -0.122. The zero-order valence-corrected chi connectivity index (χ0v) is 12.0. The molecule has 1 heterocycles. The molecule has 4 nitrogen and oxygen atoms in total. The van der Waals surface area contributed by atoms with Crippen molar-refractivity contribution >= 4 is 17.5 Å². The van der Waals surface area contributed by atoms with E-state index in [1.54, 1.807) is 10.9 Å². The summed E-state index contributed by atoms with van der Waals surface area (Å²) in [6.07, 6.45) is 4.59. The van der Waals surface area contributed by atoms with Gasteiger partial charge in [-0.05, 0) is 30.0 Å². The van der Waals surface area contributed by atoms with Gasteiger partial charge in [0.1, 0.15) is 0 Å². The van der Waals surface area contributed by atoms with Gasteiger partial charge in [-0.3, -0.25) is 9.48 Å². The van der Waals surface area contributed by atoms with E-state index in [9.17, 15) is 4.79 Å². The highest BCUT2D eigenvalue weighted by Gasteiger charge is 2.43. The molecule has 20 heavy (non-hydrogen) atoms. The number of aryl methyl sites for hydroxylation is 1. The standard InChI is InChI=1S/C15H16ClN3O/c1-19-9-10(8-18-19)7-17-15(20)14-6-13(14)11-2-4-12(16)5-3-11/h2-5,8-9,13-14H,6-7H2,1H3,(H,17,20). The summed E-state index contributed by atoms with van der Waals surface area (Å²) in [6.45, 7) is 0.538. The minimum atomic E-state index is 0.0906. The van der Waals surface area contributed by atoms with E-state index in [0.717, 1.165) is 17.0 Å². The van der Waals surface area contributed by atoms with E-state index in [1.807, 2.05) is 37.5 Å². The van der Waals surface area contributed by atoms with Gasteiger partial charge in [-0.2, -0.15) is 5.10 Å². The SMILES string of the molecule is Cn1cc(CNC(=O)C2CC2c2ccc(Cl)cc2)cn1. The van der Waals surface area contributed by atoms with Gasteiger partial charge in [-0.25, -0.2) is 0 Å². The fourth-order valence-electron chi connectivity index (χ4n) is 2.45. The minimum absolute atomic E-state index is 0.0906. The number of halogens is 1. The van der Waals surface area contributed by atoms with Crippen LogP contribution >= 0.6 is 11.6 Å². The lowest BCUT2D eigenvalue weighted by Gasteiger charge is -2.03. The molecule has 104 valence electrons. The number of aromatic nitrogens is 2. The predicted molar refractivity (Wildman–Crippen MR) is 77.4 cm³/mol. The highest BCUT2D eigenvalue weighted by molar-refractivity contribution is 6.30. The zero-order valence-electron chi connectivity index (χ0n) is 11.2. The summed E-state index contributed by atoms with van der Waals surface area (Å²) in [5.74, 6) is 0.544. The van der Waals surface area contributed by atoms with Crippen LogP contribution in [-0.4, -0.2) is 15.7 Å². The van der Waals surface area contributed by atoms with Crippen LogP contribution in [0.1, 0.15) is 23.5 Å². The molecule has 1 aliphatic rings. The van der Waals surface area contributed by atoms with Crippen molar-refractivity contribution in [3.05, 3.63) is 52.8 Å². The first-order valence-electron chi connectivity index (χ1n) is 6.64. The molecule has 0 saturated heterocycles. The highest BCUT2D eigenvalue weighted by Crippen LogP contribution is 2.47. The van der Waals surface area contributed by atoms with Crippen molar-refractivity contribution in [2.75, 3.05) is 0 Å². The lowest BCUT2D eigenvalue weighted by atomic mass is 10.1. The summed E-state index contributed by atoms with van der Waals surface area (Å²) < 4.78 is 1.73. The van der Waals surface area contributed by atoms with E-state index >= 15 is 0 Å². The van der Waals surface area contributed by atoms with Crippen LogP contribution in [0.2, 0.25) is 5.02 Å². The monoisotopic (exact) mass is 289 g/mol. The molecule has 1 saturated carbocycles. The van der Waals surface area contributed by atoms with Gasteiger partial charge < -0.3 is 5.32 Å². The average Bonchev–Trinajstić information content (AvgIpc) is 3.13. The number of hydrogen-bond donors (Lipinski definition) is 1. The molecule has 0 aliphatic heterocycles. The molecular formula is C15H16ClN3O. The molecule has 5 heteroatoms. The molecule has 1 aromatic heterocycles. The second-order valence-electron chi connectivity index (χ2n) is 5.24. The number of rotatable bonds is 4. The van der Waals surface area contributed by atoms with Crippen molar-refractivity contribution in [1.29, 1.82) is 0 Å². The topological polar surface area (TPSA) is 46.9 Å². The largest absolute Gasteiger partial charge is 0.352 e. The third-order valence-electron chi connectivity index (χ3n) is 3.65. The Labute approximate surface area is 122 Å². The van der Waals surface area contributed by atoms with Crippen LogP contribution in [0.5, 0.6) is 0 Å². The maximum atomic E-state index is 12.1. The molecule has 1 aliphatic carbocycles. The second kappa shape index (κ2) is 5.29. The van der Waals surface area contributed by atoms with Crippen molar-refractivity contribution in [3.63, 3.8) is 0 Å². The van der Waals surface area contributed by atoms with Crippen molar-refractivity contribution < 1.29 is 4.79 Å². The van der Waals surface area contributed by atoms with E-state index in [1.165, 1.54) is 5.56 Å². The third-order valence-corrected chi connectivity index (χ3v) is 3.90. The Morgan fingerprint density at radius 3 is 2.85 bits per heavy atom. The fourth-order valence-corrected chi connectivity index (χ4v) is 2.57. The number of benzene rings is 1. The predicted octanol–water partition coefficient (Wildman–Crippen LogP) is 2.49. The number of amides is 1. The number of nitrogens with zero attached hydrogens (tertiary/aromatic N) is 2. The Balaban J connectivity index is 1.53. The molecule has 1 fully saturated rings. The highest BCUT2D eigenvalue weighted by atomic mass is 35.5. The third kappa shape index (κ3) is 2.85. The van der Waals surface area contributed by atoms with Crippen LogP contribution in [-0.2, 0) is 18.4 Å². The Morgan fingerprint density at radius 2 is 2.20 bits per heavy atom. The van der Waals surface area contributed by atoms with Crippen LogP contribution < -0.4 is 5.32 Å². The van der Waals surface area contributed by atoms with Gasteiger partial charge in [-0.15, -0.1) is 0 Å². The number of carbonyl (C=O) groups is 1. The number of carbonyl (C=O) groups excluding carboxylic acids is 1. The quantitative estimate of drug-likeness (QED) is 0.940.